The first-order valence-corrected chi connectivity index (χ1v) is 8.76. The lowest BCUT2D eigenvalue weighted by atomic mass is 9.88. The van der Waals surface area contributed by atoms with Gasteiger partial charge in [-0.15, -0.1) is 11.3 Å². The Kier molecular flexibility index (Phi) is 4.87. The Balaban J connectivity index is 1.41. The molecule has 1 aromatic rings. The Morgan fingerprint density at radius 1 is 1.48 bits per heavy atom. The van der Waals surface area contributed by atoms with Crippen LogP contribution in [-0.4, -0.2) is 48.0 Å². The predicted octanol–water partition coefficient (Wildman–Crippen LogP) is 1.85. The summed E-state index contributed by atoms with van der Waals surface area (Å²) in [7, 11) is 0. The van der Waals surface area contributed by atoms with Gasteiger partial charge in [0.05, 0.1) is 12.2 Å². The second-order valence-electron chi connectivity index (χ2n) is 6.16. The highest BCUT2D eigenvalue weighted by atomic mass is 32.1. The van der Waals surface area contributed by atoms with E-state index < -0.39 is 0 Å². The van der Waals surface area contributed by atoms with Crippen LogP contribution in [0, 0.1) is 12.8 Å². The van der Waals surface area contributed by atoms with Gasteiger partial charge in [-0.2, -0.15) is 0 Å². The van der Waals surface area contributed by atoms with Crippen LogP contribution in [0.1, 0.15) is 31.4 Å². The molecule has 1 unspecified atom stereocenters. The molecule has 3 rings (SSSR count). The number of nitrogens with zero attached hydrogens (tertiary/aromatic N) is 2. The lowest BCUT2D eigenvalue weighted by Crippen LogP contribution is -2.43. The van der Waals surface area contributed by atoms with Gasteiger partial charge in [-0.1, -0.05) is 0 Å². The third kappa shape index (κ3) is 4.02. The van der Waals surface area contributed by atoms with Crippen LogP contribution < -0.4 is 10.6 Å². The number of nitrogens with one attached hydrogen (secondary N) is 2. The number of carbonyl (C=O) groups is 1. The van der Waals surface area contributed by atoms with Gasteiger partial charge in [0, 0.05) is 11.4 Å². The van der Waals surface area contributed by atoms with Crippen LogP contribution in [0.15, 0.2) is 5.38 Å². The second kappa shape index (κ2) is 6.85. The van der Waals surface area contributed by atoms with E-state index in [-0.39, 0.29) is 5.91 Å². The van der Waals surface area contributed by atoms with E-state index in [2.05, 4.69) is 20.5 Å². The van der Waals surface area contributed by atoms with E-state index in [9.17, 15) is 4.79 Å². The van der Waals surface area contributed by atoms with Crippen LogP contribution in [0.3, 0.4) is 0 Å². The molecule has 1 aromatic heterocycles. The average Bonchev–Trinajstić information content (AvgIpc) is 3.11. The van der Waals surface area contributed by atoms with Gasteiger partial charge in [0.1, 0.15) is 0 Å². The van der Waals surface area contributed by atoms with E-state index in [4.69, 9.17) is 0 Å². The first-order valence-electron chi connectivity index (χ1n) is 7.88. The van der Waals surface area contributed by atoms with Crippen LogP contribution in [-0.2, 0) is 4.79 Å². The summed E-state index contributed by atoms with van der Waals surface area (Å²) in [6.07, 6.45) is 5.07. The van der Waals surface area contributed by atoms with Crippen molar-refractivity contribution >= 4 is 22.4 Å². The molecule has 2 aliphatic rings. The van der Waals surface area contributed by atoms with Crippen molar-refractivity contribution in [2.45, 2.75) is 38.6 Å². The topological polar surface area (TPSA) is 57.3 Å². The number of aryl methyl sites for hydroxylation is 1. The average molecular weight is 308 g/mol. The quantitative estimate of drug-likeness (QED) is 0.891. The summed E-state index contributed by atoms with van der Waals surface area (Å²) in [5.41, 5.74) is 0.958. The van der Waals surface area contributed by atoms with Crippen LogP contribution >= 0.6 is 11.3 Å². The van der Waals surface area contributed by atoms with Gasteiger partial charge in [-0.25, -0.2) is 4.98 Å². The molecule has 3 heterocycles. The van der Waals surface area contributed by atoms with E-state index in [1.54, 1.807) is 0 Å². The number of thiazole rings is 1. The number of hydrogen-bond acceptors (Lipinski definition) is 5. The second-order valence-corrected chi connectivity index (χ2v) is 7.02. The minimum absolute atomic E-state index is 0.0572. The van der Waals surface area contributed by atoms with Crippen LogP contribution in [0.5, 0.6) is 0 Å². The zero-order valence-electron chi connectivity index (χ0n) is 12.6. The molecule has 1 atom stereocenters. The van der Waals surface area contributed by atoms with Gasteiger partial charge >= 0.3 is 0 Å². The Morgan fingerprint density at radius 3 is 2.90 bits per heavy atom. The fourth-order valence-electron chi connectivity index (χ4n) is 3.40. The molecule has 0 radical (unpaired) electrons. The number of hydrogen-bond donors (Lipinski definition) is 2. The summed E-state index contributed by atoms with van der Waals surface area (Å²) in [5, 5.41) is 9.17. The van der Waals surface area contributed by atoms with Gasteiger partial charge in [0.25, 0.3) is 0 Å². The molecule has 0 bridgehead atoms. The van der Waals surface area contributed by atoms with Crippen molar-refractivity contribution < 1.29 is 4.79 Å². The molecule has 2 aliphatic heterocycles. The standard InChI is InChI=1S/C15H24N4OS/c1-11-10-21-15(17-11)18-14(20)9-19-7-4-12(5-8-19)13-3-2-6-16-13/h10,12-13,16H,2-9H2,1H3,(H,17,18,20). The van der Waals surface area contributed by atoms with E-state index in [1.165, 1.54) is 43.6 Å². The van der Waals surface area contributed by atoms with Gasteiger partial charge in [-0.05, 0) is 58.2 Å². The minimum atomic E-state index is 0.0572. The van der Waals surface area contributed by atoms with Crippen LogP contribution in [0.2, 0.25) is 0 Å². The molecule has 0 aromatic carbocycles. The number of carbonyl (C=O) groups excluding carboxylic acids is 1. The Hall–Kier alpha value is -0.980. The van der Waals surface area contributed by atoms with Crippen LogP contribution in [0.25, 0.3) is 0 Å². The van der Waals surface area contributed by atoms with Gasteiger partial charge in [0.2, 0.25) is 5.91 Å². The molecule has 0 aliphatic carbocycles. The zero-order chi connectivity index (χ0) is 14.7. The van der Waals surface area contributed by atoms with E-state index in [0.29, 0.717) is 11.7 Å². The fraction of sp³-hybridized carbons (Fsp3) is 0.733. The van der Waals surface area contributed by atoms with Gasteiger partial charge in [-0.3, -0.25) is 9.69 Å². The van der Waals surface area contributed by atoms with Crippen molar-refractivity contribution in [3.63, 3.8) is 0 Å². The first-order chi connectivity index (χ1) is 10.2. The number of aromatic nitrogens is 1. The first kappa shape index (κ1) is 14.9. The highest BCUT2D eigenvalue weighted by Crippen LogP contribution is 2.25. The number of likely N-dealkylation sites (tertiary alicyclic amines) is 1. The molecule has 1 amide bonds. The van der Waals surface area contributed by atoms with Gasteiger partial charge in [0.15, 0.2) is 5.13 Å². The third-order valence-electron chi connectivity index (χ3n) is 4.53. The molecule has 2 fully saturated rings. The Labute approximate surface area is 130 Å². The molecule has 0 saturated carbocycles. The molecule has 2 saturated heterocycles. The Morgan fingerprint density at radius 2 is 2.29 bits per heavy atom. The summed E-state index contributed by atoms with van der Waals surface area (Å²) in [6.45, 7) is 5.68. The summed E-state index contributed by atoms with van der Waals surface area (Å²) < 4.78 is 0. The largest absolute Gasteiger partial charge is 0.314 e. The molecule has 116 valence electrons. The third-order valence-corrected chi connectivity index (χ3v) is 5.41. The lowest BCUT2D eigenvalue weighted by Gasteiger charge is -2.34. The minimum Gasteiger partial charge on any atom is -0.314 e. The Bertz CT molecular complexity index is 476. The maximum Gasteiger partial charge on any atom is 0.240 e. The van der Waals surface area contributed by atoms with Crippen molar-refractivity contribution in [2.75, 3.05) is 31.5 Å². The number of anilines is 1. The van der Waals surface area contributed by atoms with Crippen molar-refractivity contribution in [3.05, 3.63) is 11.1 Å². The summed E-state index contributed by atoms with van der Waals surface area (Å²) in [6, 6.07) is 0.722. The molecule has 2 N–H and O–H groups in total. The van der Waals surface area contributed by atoms with Gasteiger partial charge < -0.3 is 10.6 Å². The lowest BCUT2D eigenvalue weighted by molar-refractivity contribution is -0.117. The summed E-state index contributed by atoms with van der Waals surface area (Å²) >= 11 is 1.49. The van der Waals surface area contributed by atoms with Crippen molar-refractivity contribution in [1.29, 1.82) is 0 Å². The highest BCUT2D eigenvalue weighted by molar-refractivity contribution is 7.13. The van der Waals surface area contributed by atoms with E-state index >= 15 is 0 Å². The summed E-state index contributed by atoms with van der Waals surface area (Å²) in [5.74, 6) is 0.857. The maximum absolute atomic E-state index is 12.0. The normalized spacial score (nSPS) is 24.3. The van der Waals surface area contributed by atoms with Crippen molar-refractivity contribution in [3.8, 4) is 0 Å². The van der Waals surface area contributed by atoms with Crippen LogP contribution in [0.4, 0.5) is 5.13 Å². The molecule has 0 spiro atoms. The highest BCUT2D eigenvalue weighted by Gasteiger charge is 2.28. The maximum atomic E-state index is 12.0. The molecule has 5 nitrogen and oxygen atoms in total. The zero-order valence-corrected chi connectivity index (χ0v) is 13.4. The number of amides is 1. The summed E-state index contributed by atoms with van der Waals surface area (Å²) in [4.78, 5) is 18.6. The predicted molar refractivity (Wildman–Crippen MR) is 85.7 cm³/mol. The van der Waals surface area contributed by atoms with Crippen molar-refractivity contribution in [2.24, 2.45) is 5.92 Å². The SMILES string of the molecule is Cc1csc(NC(=O)CN2CCC(C3CCCN3)CC2)n1. The molecular weight excluding hydrogens is 284 g/mol. The van der Waals surface area contributed by atoms with E-state index in [0.717, 1.165) is 30.7 Å². The smallest absolute Gasteiger partial charge is 0.240 e. The number of rotatable bonds is 4. The number of piperidine rings is 1. The molecular formula is C15H24N4OS. The molecule has 21 heavy (non-hydrogen) atoms. The fourth-order valence-corrected chi connectivity index (χ4v) is 4.10. The van der Waals surface area contributed by atoms with Crippen molar-refractivity contribution in [1.82, 2.24) is 15.2 Å². The molecule has 6 heteroatoms. The monoisotopic (exact) mass is 308 g/mol. The van der Waals surface area contributed by atoms with E-state index in [1.807, 2.05) is 12.3 Å².